The molecule has 2 N–H and O–H groups in total. The standard InChI is InChI=1S/C32H42F2N6O4S/c1-22-23-6-5-7-25(18-23)32(33,34)24-9-12-38(13-10-24)20-26(41)8-3-2-4-11-40-30-27(29(37-22)35-21-36-30)19-28(31(40)42)39-14-16-45(43,44)17-15-39/h5-7,18-19,21-22,24,26,41H,2-4,8-17,20H2,1H3,(H,35,36,37)/t22-,26-/m1/s1. The van der Waals surface area contributed by atoms with Crippen LogP contribution in [0.3, 0.4) is 0 Å². The quantitative estimate of drug-likeness (QED) is 0.406. The summed E-state index contributed by atoms with van der Waals surface area (Å²) in [6.07, 6.45) is 4.42. The van der Waals surface area contributed by atoms with Gasteiger partial charge < -0.3 is 20.2 Å². The molecule has 0 amide bonds. The van der Waals surface area contributed by atoms with Crippen molar-refractivity contribution in [3.05, 3.63) is 58.1 Å². The maximum atomic E-state index is 15.9. The molecule has 244 valence electrons. The predicted molar refractivity (Wildman–Crippen MR) is 171 cm³/mol. The van der Waals surface area contributed by atoms with Crippen molar-refractivity contribution < 1.29 is 22.3 Å². The third-order valence-electron chi connectivity index (χ3n) is 9.66. The van der Waals surface area contributed by atoms with Crippen molar-refractivity contribution in [1.82, 2.24) is 19.4 Å². The van der Waals surface area contributed by atoms with Gasteiger partial charge in [-0.3, -0.25) is 9.36 Å². The molecule has 4 aliphatic heterocycles. The van der Waals surface area contributed by atoms with E-state index in [4.69, 9.17) is 0 Å². The van der Waals surface area contributed by atoms with E-state index in [0.29, 0.717) is 80.0 Å². The van der Waals surface area contributed by atoms with E-state index in [1.54, 1.807) is 22.8 Å². The summed E-state index contributed by atoms with van der Waals surface area (Å²) in [4.78, 5) is 26.8. The number of hydrogen-bond donors (Lipinski definition) is 2. The van der Waals surface area contributed by atoms with Gasteiger partial charge in [-0.1, -0.05) is 31.0 Å². The Balaban J connectivity index is 1.39. The van der Waals surface area contributed by atoms with Crippen LogP contribution >= 0.6 is 0 Å². The highest BCUT2D eigenvalue weighted by molar-refractivity contribution is 7.91. The summed E-state index contributed by atoms with van der Waals surface area (Å²) in [7, 11) is -3.16. The first kappa shape index (κ1) is 31.8. The molecule has 0 unspecified atom stereocenters. The lowest BCUT2D eigenvalue weighted by Gasteiger charge is -2.37. The van der Waals surface area contributed by atoms with Crippen molar-refractivity contribution in [2.45, 2.75) is 70.1 Å². The normalized spacial score (nSPS) is 27.5. The van der Waals surface area contributed by atoms with Crippen LogP contribution in [0.4, 0.5) is 20.3 Å². The zero-order chi connectivity index (χ0) is 31.8. The van der Waals surface area contributed by atoms with Crippen molar-refractivity contribution in [2.75, 3.05) is 54.4 Å². The van der Waals surface area contributed by atoms with Crippen LogP contribution in [0, 0.1) is 5.92 Å². The van der Waals surface area contributed by atoms with Crippen LogP contribution in [0.2, 0.25) is 0 Å². The maximum absolute atomic E-state index is 15.9. The number of aromatic nitrogens is 3. The highest BCUT2D eigenvalue weighted by Crippen LogP contribution is 2.42. The fraction of sp³-hybridized carbons (Fsp3) is 0.594. The number of aryl methyl sites for hydroxylation is 1. The first-order chi connectivity index (χ1) is 21.5. The minimum Gasteiger partial charge on any atom is -0.392 e. The molecule has 2 aromatic heterocycles. The van der Waals surface area contributed by atoms with E-state index < -0.39 is 27.8 Å². The summed E-state index contributed by atoms with van der Waals surface area (Å²) in [5.41, 5.74) is 1.27. The van der Waals surface area contributed by atoms with Crippen molar-refractivity contribution in [1.29, 1.82) is 0 Å². The summed E-state index contributed by atoms with van der Waals surface area (Å²) in [5.74, 6) is -3.36. The van der Waals surface area contributed by atoms with Gasteiger partial charge in [-0.25, -0.2) is 27.2 Å². The Kier molecular flexibility index (Phi) is 9.13. The second-order valence-electron chi connectivity index (χ2n) is 12.8. The number of piperidine rings is 1. The monoisotopic (exact) mass is 644 g/mol. The first-order valence-corrected chi connectivity index (χ1v) is 17.8. The minimum atomic E-state index is -3.16. The number of alkyl halides is 2. The number of nitrogens with one attached hydrogen (secondary N) is 1. The summed E-state index contributed by atoms with van der Waals surface area (Å²) in [5, 5.41) is 14.7. The molecule has 8 bridgehead atoms. The van der Waals surface area contributed by atoms with E-state index in [-0.39, 0.29) is 41.8 Å². The number of halogens is 2. The number of benzene rings is 1. The van der Waals surface area contributed by atoms with Gasteiger partial charge in [0, 0.05) is 43.7 Å². The van der Waals surface area contributed by atoms with Gasteiger partial charge in [0.15, 0.2) is 9.84 Å². The van der Waals surface area contributed by atoms with E-state index in [9.17, 15) is 18.3 Å². The Morgan fingerprint density at radius 1 is 0.978 bits per heavy atom. The first-order valence-electron chi connectivity index (χ1n) is 16.0. The minimum absolute atomic E-state index is 0.0123. The van der Waals surface area contributed by atoms with Gasteiger partial charge in [0.05, 0.1) is 23.0 Å². The summed E-state index contributed by atoms with van der Waals surface area (Å²) in [6.45, 7) is 4.25. The number of hydrogen-bond acceptors (Lipinski definition) is 9. The van der Waals surface area contributed by atoms with Gasteiger partial charge in [0.2, 0.25) is 0 Å². The SMILES string of the molecule is C[C@H]1Nc2ncnc3c2cc(N2CCS(=O)(=O)CC2)c(=O)n3CCCCC[C@@H](O)CN2CCC(CC2)C(F)(F)c2cccc1c2. The number of fused-ring (bicyclic) bond motifs is 9. The molecule has 0 radical (unpaired) electrons. The summed E-state index contributed by atoms with van der Waals surface area (Å²) >= 11 is 0. The second-order valence-corrected chi connectivity index (χ2v) is 15.1. The maximum Gasteiger partial charge on any atom is 0.276 e. The number of pyridine rings is 1. The van der Waals surface area contributed by atoms with E-state index in [1.807, 2.05) is 17.9 Å². The van der Waals surface area contributed by atoms with Crippen LogP contribution < -0.4 is 15.8 Å². The Morgan fingerprint density at radius 3 is 2.49 bits per heavy atom. The van der Waals surface area contributed by atoms with Gasteiger partial charge in [-0.2, -0.15) is 0 Å². The Bertz CT molecular complexity index is 1680. The van der Waals surface area contributed by atoms with Gasteiger partial charge in [-0.15, -0.1) is 0 Å². The molecule has 45 heavy (non-hydrogen) atoms. The topological polar surface area (TPSA) is 121 Å². The van der Waals surface area contributed by atoms with E-state index >= 15 is 8.78 Å². The second kappa shape index (κ2) is 12.9. The molecule has 0 saturated carbocycles. The summed E-state index contributed by atoms with van der Waals surface area (Å²) in [6, 6.07) is 7.87. The van der Waals surface area contributed by atoms with Gasteiger partial charge in [0.25, 0.3) is 11.5 Å². The molecule has 2 saturated heterocycles. The molecule has 2 atom stereocenters. The summed E-state index contributed by atoms with van der Waals surface area (Å²) < 4.78 is 57.6. The fourth-order valence-electron chi connectivity index (χ4n) is 6.90. The molecule has 0 spiro atoms. The Hall–Kier alpha value is -3.16. The number of nitrogens with zero attached hydrogens (tertiary/aromatic N) is 5. The molecular formula is C32H42F2N6O4S. The highest BCUT2D eigenvalue weighted by atomic mass is 32.2. The molecule has 6 heterocycles. The largest absolute Gasteiger partial charge is 0.392 e. The lowest BCUT2D eigenvalue weighted by atomic mass is 9.85. The van der Waals surface area contributed by atoms with Gasteiger partial charge in [-0.05, 0) is 63.4 Å². The van der Waals surface area contributed by atoms with E-state index in [0.717, 1.165) is 12.8 Å². The average Bonchev–Trinajstić information content (AvgIpc) is 3.02. The van der Waals surface area contributed by atoms with Crippen molar-refractivity contribution in [3.63, 3.8) is 0 Å². The number of aliphatic hydroxyl groups is 1. The number of sulfone groups is 1. The molecular weight excluding hydrogens is 602 g/mol. The molecule has 1 aromatic carbocycles. The van der Waals surface area contributed by atoms with Crippen LogP contribution in [0.5, 0.6) is 0 Å². The fourth-order valence-corrected chi connectivity index (χ4v) is 8.10. The number of aliphatic hydroxyl groups excluding tert-OH is 1. The van der Waals surface area contributed by atoms with Crippen molar-refractivity contribution in [3.8, 4) is 0 Å². The molecule has 10 nitrogen and oxygen atoms in total. The van der Waals surface area contributed by atoms with E-state index in [1.165, 1.54) is 12.4 Å². The highest BCUT2D eigenvalue weighted by Gasteiger charge is 2.43. The van der Waals surface area contributed by atoms with Crippen LogP contribution in [0.15, 0.2) is 41.5 Å². The molecule has 2 fully saturated rings. The predicted octanol–water partition coefficient (Wildman–Crippen LogP) is 3.94. The van der Waals surface area contributed by atoms with Crippen LogP contribution in [-0.4, -0.2) is 83.3 Å². The molecule has 13 heteroatoms. The van der Waals surface area contributed by atoms with Crippen LogP contribution in [0.1, 0.15) is 62.6 Å². The molecule has 7 rings (SSSR count). The van der Waals surface area contributed by atoms with Gasteiger partial charge >= 0.3 is 0 Å². The Labute approximate surface area is 262 Å². The lowest BCUT2D eigenvalue weighted by Crippen LogP contribution is -2.43. The van der Waals surface area contributed by atoms with Crippen molar-refractivity contribution >= 4 is 32.4 Å². The number of anilines is 2. The smallest absolute Gasteiger partial charge is 0.276 e. The zero-order valence-electron chi connectivity index (χ0n) is 25.7. The molecule has 0 aliphatic carbocycles. The lowest BCUT2D eigenvalue weighted by molar-refractivity contribution is -0.0875. The third-order valence-corrected chi connectivity index (χ3v) is 11.3. The van der Waals surface area contributed by atoms with Crippen LogP contribution in [-0.2, 0) is 22.3 Å². The Morgan fingerprint density at radius 2 is 1.73 bits per heavy atom. The third kappa shape index (κ3) is 6.85. The van der Waals surface area contributed by atoms with E-state index in [2.05, 4.69) is 20.2 Å². The average molecular weight is 645 g/mol. The van der Waals surface area contributed by atoms with Crippen LogP contribution in [0.25, 0.3) is 11.0 Å². The molecule has 4 aliphatic rings. The van der Waals surface area contributed by atoms with Crippen molar-refractivity contribution in [2.24, 2.45) is 5.92 Å². The number of rotatable bonds is 1. The van der Waals surface area contributed by atoms with Gasteiger partial charge in [0.1, 0.15) is 23.5 Å². The zero-order valence-corrected chi connectivity index (χ0v) is 26.5. The molecule has 3 aromatic rings.